The molecule has 0 unspecified atom stereocenters. The second kappa shape index (κ2) is 8.95. The van der Waals surface area contributed by atoms with Gasteiger partial charge in [-0.3, -0.25) is 9.10 Å². The molecule has 0 radical (unpaired) electrons. The highest BCUT2D eigenvalue weighted by Crippen LogP contribution is 2.26. The standard InChI is InChI=1S/C19H22Cl2N2O3S/c1-13-6-7-14(2)18(11-13)23(27(3,25)26)10-4-5-19(24)22-15-8-9-16(20)17(21)12-15/h6-9,11-12H,4-5,10H2,1-3H3,(H,22,24). The van der Waals surface area contributed by atoms with Gasteiger partial charge >= 0.3 is 0 Å². The molecule has 0 bridgehead atoms. The number of hydrogen-bond donors (Lipinski definition) is 1. The van der Waals surface area contributed by atoms with Crippen molar-refractivity contribution in [2.24, 2.45) is 0 Å². The summed E-state index contributed by atoms with van der Waals surface area (Å²) < 4.78 is 25.8. The van der Waals surface area contributed by atoms with E-state index in [1.807, 2.05) is 32.0 Å². The van der Waals surface area contributed by atoms with Crippen LogP contribution in [0.1, 0.15) is 24.0 Å². The zero-order valence-electron chi connectivity index (χ0n) is 15.4. The fourth-order valence-corrected chi connectivity index (χ4v) is 3.95. The van der Waals surface area contributed by atoms with Crippen molar-refractivity contribution in [2.75, 3.05) is 22.4 Å². The SMILES string of the molecule is Cc1ccc(C)c(N(CCCC(=O)Nc2ccc(Cl)c(Cl)c2)S(C)(=O)=O)c1. The number of anilines is 2. The number of carbonyl (C=O) groups is 1. The first-order valence-corrected chi connectivity index (χ1v) is 11.0. The molecule has 0 fully saturated rings. The van der Waals surface area contributed by atoms with E-state index in [4.69, 9.17) is 23.2 Å². The second-order valence-corrected chi connectivity index (χ2v) is 9.13. The minimum absolute atomic E-state index is 0.178. The third kappa shape index (κ3) is 6.13. The predicted octanol–water partition coefficient (Wildman–Crippen LogP) is 4.80. The van der Waals surface area contributed by atoms with Gasteiger partial charge in [-0.15, -0.1) is 0 Å². The second-order valence-electron chi connectivity index (χ2n) is 6.41. The Balaban J connectivity index is 2.02. The van der Waals surface area contributed by atoms with Gasteiger partial charge in [0.25, 0.3) is 0 Å². The molecule has 0 heterocycles. The Morgan fingerprint density at radius 1 is 1.07 bits per heavy atom. The molecule has 27 heavy (non-hydrogen) atoms. The minimum atomic E-state index is -3.45. The number of halogens is 2. The highest BCUT2D eigenvalue weighted by Gasteiger charge is 2.19. The molecule has 0 aromatic heterocycles. The Labute approximate surface area is 170 Å². The van der Waals surface area contributed by atoms with Crippen LogP contribution in [0, 0.1) is 13.8 Å². The molecule has 2 rings (SSSR count). The monoisotopic (exact) mass is 428 g/mol. The average molecular weight is 429 g/mol. The average Bonchev–Trinajstić information content (AvgIpc) is 2.56. The van der Waals surface area contributed by atoms with Gasteiger partial charge in [-0.05, 0) is 55.7 Å². The molecule has 0 saturated carbocycles. The lowest BCUT2D eigenvalue weighted by Gasteiger charge is -2.24. The highest BCUT2D eigenvalue weighted by molar-refractivity contribution is 7.92. The number of carbonyl (C=O) groups excluding carboxylic acids is 1. The van der Waals surface area contributed by atoms with E-state index < -0.39 is 10.0 Å². The van der Waals surface area contributed by atoms with Crippen molar-refractivity contribution in [2.45, 2.75) is 26.7 Å². The molecule has 0 atom stereocenters. The van der Waals surface area contributed by atoms with Gasteiger partial charge in [0, 0.05) is 18.7 Å². The summed E-state index contributed by atoms with van der Waals surface area (Å²) in [5.74, 6) is -0.220. The molecule has 1 N–H and O–H groups in total. The van der Waals surface area contributed by atoms with E-state index >= 15 is 0 Å². The van der Waals surface area contributed by atoms with Crippen LogP contribution in [0.3, 0.4) is 0 Å². The van der Waals surface area contributed by atoms with Gasteiger partial charge in [-0.1, -0.05) is 35.3 Å². The summed E-state index contributed by atoms with van der Waals surface area (Å²) in [6.45, 7) is 4.00. The Hall–Kier alpha value is -1.76. The summed E-state index contributed by atoms with van der Waals surface area (Å²) in [5.41, 5.74) is 3.03. The van der Waals surface area contributed by atoms with Gasteiger partial charge in [0.1, 0.15) is 0 Å². The Morgan fingerprint density at radius 2 is 1.78 bits per heavy atom. The molecule has 0 aliphatic heterocycles. The molecule has 1 amide bonds. The first-order chi connectivity index (χ1) is 12.6. The number of nitrogens with one attached hydrogen (secondary N) is 1. The van der Waals surface area contributed by atoms with E-state index in [0.29, 0.717) is 27.8 Å². The summed E-state index contributed by atoms with van der Waals surface area (Å²) in [6, 6.07) is 10.5. The lowest BCUT2D eigenvalue weighted by atomic mass is 10.1. The van der Waals surface area contributed by atoms with Gasteiger partial charge in [0.15, 0.2) is 0 Å². The number of aryl methyl sites for hydroxylation is 2. The molecule has 0 aliphatic rings. The van der Waals surface area contributed by atoms with Gasteiger partial charge in [0.05, 0.1) is 22.0 Å². The van der Waals surface area contributed by atoms with Crippen LogP contribution in [0.4, 0.5) is 11.4 Å². The van der Waals surface area contributed by atoms with Crippen LogP contribution in [0.25, 0.3) is 0 Å². The van der Waals surface area contributed by atoms with Crippen molar-refractivity contribution in [3.63, 3.8) is 0 Å². The van der Waals surface area contributed by atoms with Crippen LogP contribution in [0.2, 0.25) is 10.0 Å². The van der Waals surface area contributed by atoms with E-state index in [2.05, 4.69) is 5.32 Å². The van der Waals surface area contributed by atoms with Crippen molar-refractivity contribution in [3.8, 4) is 0 Å². The number of benzene rings is 2. The Kier molecular flexibility index (Phi) is 7.14. The van der Waals surface area contributed by atoms with E-state index in [9.17, 15) is 13.2 Å². The summed E-state index contributed by atoms with van der Waals surface area (Å²) in [7, 11) is -3.45. The number of hydrogen-bond acceptors (Lipinski definition) is 3. The van der Waals surface area contributed by atoms with Gasteiger partial charge in [-0.2, -0.15) is 0 Å². The smallest absolute Gasteiger partial charge is 0.232 e. The van der Waals surface area contributed by atoms with Crippen LogP contribution in [0.5, 0.6) is 0 Å². The molecule has 2 aromatic carbocycles. The van der Waals surface area contributed by atoms with Crippen LogP contribution in [-0.2, 0) is 14.8 Å². The quantitative estimate of drug-likeness (QED) is 0.688. The van der Waals surface area contributed by atoms with Crippen molar-refractivity contribution in [3.05, 3.63) is 57.6 Å². The fraction of sp³-hybridized carbons (Fsp3) is 0.316. The molecule has 5 nitrogen and oxygen atoms in total. The highest BCUT2D eigenvalue weighted by atomic mass is 35.5. The van der Waals surface area contributed by atoms with E-state index in [1.165, 1.54) is 10.6 Å². The van der Waals surface area contributed by atoms with Crippen molar-refractivity contribution >= 4 is 50.5 Å². The lowest BCUT2D eigenvalue weighted by Crippen LogP contribution is -2.32. The maximum Gasteiger partial charge on any atom is 0.232 e. The van der Waals surface area contributed by atoms with Gasteiger partial charge in [0.2, 0.25) is 15.9 Å². The summed E-state index contributed by atoms with van der Waals surface area (Å²) >= 11 is 11.8. The molecular weight excluding hydrogens is 407 g/mol. The van der Waals surface area contributed by atoms with Crippen LogP contribution >= 0.6 is 23.2 Å². The first-order valence-electron chi connectivity index (χ1n) is 8.38. The van der Waals surface area contributed by atoms with Crippen molar-refractivity contribution < 1.29 is 13.2 Å². The minimum Gasteiger partial charge on any atom is -0.326 e. The molecular formula is C19H22Cl2N2O3S. The zero-order valence-corrected chi connectivity index (χ0v) is 17.7. The third-order valence-corrected chi connectivity index (χ3v) is 5.92. The zero-order chi connectivity index (χ0) is 20.2. The topological polar surface area (TPSA) is 66.5 Å². The molecule has 0 saturated heterocycles. The molecule has 0 spiro atoms. The largest absolute Gasteiger partial charge is 0.326 e. The van der Waals surface area contributed by atoms with Gasteiger partial charge < -0.3 is 5.32 Å². The number of nitrogens with zero attached hydrogens (tertiary/aromatic N) is 1. The number of rotatable bonds is 7. The number of amides is 1. The maximum atomic E-state index is 12.2. The molecule has 146 valence electrons. The van der Waals surface area contributed by atoms with E-state index in [1.54, 1.807) is 18.2 Å². The number of sulfonamides is 1. The van der Waals surface area contributed by atoms with E-state index in [-0.39, 0.29) is 18.9 Å². The van der Waals surface area contributed by atoms with Crippen LogP contribution in [-0.4, -0.2) is 27.1 Å². The summed E-state index contributed by atoms with van der Waals surface area (Å²) in [5, 5.41) is 3.50. The third-order valence-electron chi connectivity index (χ3n) is 4.00. The van der Waals surface area contributed by atoms with Crippen LogP contribution in [0.15, 0.2) is 36.4 Å². The van der Waals surface area contributed by atoms with E-state index in [0.717, 1.165) is 11.1 Å². The maximum absolute atomic E-state index is 12.2. The Morgan fingerprint density at radius 3 is 2.41 bits per heavy atom. The normalized spacial score (nSPS) is 11.3. The Bertz CT molecular complexity index is 946. The van der Waals surface area contributed by atoms with Crippen molar-refractivity contribution in [1.29, 1.82) is 0 Å². The lowest BCUT2D eigenvalue weighted by molar-refractivity contribution is -0.116. The molecule has 0 aliphatic carbocycles. The van der Waals surface area contributed by atoms with Crippen LogP contribution < -0.4 is 9.62 Å². The summed E-state index contributed by atoms with van der Waals surface area (Å²) in [6.07, 6.45) is 1.73. The van der Waals surface area contributed by atoms with Crippen molar-refractivity contribution in [1.82, 2.24) is 0 Å². The summed E-state index contributed by atoms with van der Waals surface area (Å²) in [4.78, 5) is 12.1. The molecule has 2 aromatic rings. The predicted molar refractivity (Wildman–Crippen MR) is 112 cm³/mol. The fourth-order valence-electron chi connectivity index (χ4n) is 2.63. The first kappa shape index (κ1) is 21.5. The molecule has 8 heteroatoms. The van der Waals surface area contributed by atoms with Gasteiger partial charge in [-0.25, -0.2) is 8.42 Å².